The van der Waals surface area contributed by atoms with Crippen molar-refractivity contribution >= 4 is 21.6 Å². The van der Waals surface area contributed by atoms with E-state index in [0.29, 0.717) is 6.42 Å². The average molecular weight is 268 g/mol. The highest BCUT2D eigenvalue weighted by Gasteiger charge is 2.03. The van der Waals surface area contributed by atoms with E-state index in [4.69, 9.17) is 11.0 Å². The summed E-state index contributed by atoms with van der Waals surface area (Å²) in [6.45, 7) is 1.61. The van der Waals surface area contributed by atoms with Crippen molar-refractivity contribution in [1.82, 2.24) is 4.90 Å². The Balaban J connectivity index is 2.61. The molecule has 0 aromatic heterocycles. The van der Waals surface area contributed by atoms with Crippen LogP contribution in [-0.4, -0.2) is 18.5 Å². The van der Waals surface area contributed by atoms with Crippen LogP contribution < -0.4 is 5.73 Å². The number of rotatable bonds is 4. The molecule has 0 heterocycles. The lowest BCUT2D eigenvalue weighted by molar-refractivity contribution is 0.334. The second kappa shape index (κ2) is 5.74. The fourth-order valence-corrected chi connectivity index (χ4v) is 1.82. The zero-order valence-electron chi connectivity index (χ0n) is 8.70. The van der Waals surface area contributed by atoms with E-state index in [0.717, 1.165) is 23.2 Å². The topological polar surface area (TPSA) is 53.0 Å². The van der Waals surface area contributed by atoms with Crippen molar-refractivity contribution in [2.45, 2.75) is 13.0 Å². The monoisotopic (exact) mass is 267 g/mol. The number of anilines is 1. The summed E-state index contributed by atoms with van der Waals surface area (Å²) in [7, 11) is 2.00. The molecule has 0 aliphatic rings. The van der Waals surface area contributed by atoms with E-state index in [-0.39, 0.29) is 0 Å². The first-order chi connectivity index (χ1) is 7.13. The molecule has 4 heteroatoms. The summed E-state index contributed by atoms with van der Waals surface area (Å²) in [6, 6.07) is 7.92. The summed E-state index contributed by atoms with van der Waals surface area (Å²) in [5.41, 5.74) is 7.59. The van der Waals surface area contributed by atoms with Gasteiger partial charge in [0, 0.05) is 29.7 Å². The summed E-state index contributed by atoms with van der Waals surface area (Å²) in [5, 5.41) is 8.47. The average Bonchev–Trinajstić information content (AvgIpc) is 2.19. The lowest BCUT2D eigenvalue weighted by atomic mass is 10.2. The maximum atomic E-state index is 8.47. The molecule has 1 aromatic carbocycles. The molecule has 2 N–H and O–H groups in total. The first-order valence-electron chi connectivity index (χ1n) is 4.73. The maximum absolute atomic E-state index is 8.47. The standard InChI is InChI=1S/C11H14BrN3/c1-15(6-2-5-13)8-9-3-4-10(14)7-11(9)12/h3-4,7H,2,6,8,14H2,1H3. The normalized spacial score (nSPS) is 10.3. The van der Waals surface area contributed by atoms with E-state index in [2.05, 4.69) is 26.9 Å². The van der Waals surface area contributed by atoms with E-state index in [1.807, 2.05) is 25.2 Å². The van der Waals surface area contributed by atoms with E-state index in [1.54, 1.807) is 0 Å². The highest BCUT2D eigenvalue weighted by molar-refractivity contribution is 9.10. The SMILES string of the molecule is CN(CCC#N)Cc1ccc(N)cc1Br. The van der Waals surface area contributed by atoms with Gasteiger partial charge in [-0.3, -0.25) is 0 Å². The van der Waals surface area contributed by atoms with Gasteiger partial charge in [-0.05, 0) is 24.7 Å². The Kier molecular flexibility index (Phi) is 4.60. The van der Waals surface area contributed by atoms with Gasteiger partial charge in [-0.25, -0.2) is 0 Å². The Hall–Kier alpha value is -1.05. The predicted octanol–water partition coefficient (Wildman–Crippen LogP) is 2.38. The van der Waals surface area contributed by atoms with Gasteiger partial charge in [-0.15, -0.1) is 0 Å². The first kappa shape index (κ1) is 12.0. The molecule has 0 aliphatic carbocycles. The van der Waals surface area contributed by atoms with Gasteiger partial charge in [0.25, 0.3) is 0 Å². The molecule has 0 bridgehead atoms. The molecule has 1 aromatic rings. The number of nitrogen functional groups attached to an aromatic ring is 1. The van der Waals surface area contributed by atoms with Gasteiger partial charge in [0.1, 0.15) is 0 Å². The van der Waals surface area contributed by atoms with Gasteiger partial charge in [0.15, 0.2) is 0 Å². The van der Waals surface area contributed by atoms with Crippen LogP contribution in [0.3, 0.4) is 0 Å². The van der Waals surface area contributed by atoms with Crippen LogP contribution in [0.15, 0.2) is 22.7 Å². The van der Waals surface area contributed by atoms with Crippen LogP contribution >= 0.6 is 15.9 Å². The van der Waals surface area contributed by atoms with Crippen LogP contribution in [0.4, 0.5) is 5.69 Å². The Morgan fingerprint density at radius 3 is 2.87 bits per heavy atom. The molecule has 3 nitrogen and oxygen atoms in total. The lowest BCUT2D eigenvalue weighted by Gasteiger charge is -2.16. The predicted molar refractivity (Wildman–Crippen MR) is 65.1 cm³/mol. The Bertz CT molecular complexity index is 371. The van der Waals surface area contributed by atoms with Crippen molar-refractivity contribution in [3.8, 4) is 6.07 Å². The number of nitrogens with two attached hydrogens (primary N) is 1. The molecular weight excluding hydrogens is 254 g/mol. The molecule has 1 rings (SSSR count). The van der Waals surface area contributed by atoms with Crippen LogP contribution in [-0.2, 0) is 6.54 Å². The Morgan fingerprint density at radius 1 is 1.53 bits per heavy atom. The minimum atomic E-state index is 0.559. The summed E-state index contributed by atoms with van der Waals surface area (Å²) in [4.78, 5) is 2.11. The summed E-state index contributed by atoms with van der Waals surface area (Å²) >= 11 is 3.47. The minimum Gasteiger partial charge on any atom is -0.399 e. The summed E-state index contributed by atoms with van der Waals surface area (Å²) in [6.07, 6.45) is 0.559. The van der Waals surface area contributed by atoms with Crippen molar-refractivity contribution in [3.05, 3.63) is 28.2 Å². The van der Waals surface area contributed by atoms with Gasteiger partial charge in [0.05, 0.1) is 6.07 Å². The zero-order chi connectivity index (χ0) is 11.3. The second-order valence-corrected chi connectivity index (χ2v) is 4.35. The summed E-state index contributed by atoms with van der Waals surface area (Å²) in [5.74, 6) is 0. The highest BCUT2D eigenvalue weighted by atomic mass is 79.9. The second-order valence-electron chi connectivity index (χ2n) is 3.50. The van der Waals surface area contributed by atoms with Gasteiger partial charge < -0.3 is 10.6 Å². The number of halogens is 1. The maximum Gasteiger partial charge on any atom is 0.0635 e. The number of benzene rings is 1. The molecule has 0 spiro atoms. The Labute approximate surface area is 98.6 Å². The molecule has 0 fully saturated rings. The lowest BCUT2D eigenvalue weighted by Crippen LogP contribution is -2.18. The third kappa shape index (κ3) is 3.90. The zero-order valence-corrected chi connectivity index (χ0v) is 10.3. The van der Waals surface area contributed by atoms with Crippen LogP contribution in [0, 0.1) is 11.3 Å². The van der Waals surface area contributed by atoms with Crippen molar-refractivity contribution in [2.24, 2.45) is 0 Å². The fraction of sp³-hybridized carbons (Fsp3) is 0.364. The number of hydrogen-bond donors (Lipinski definition) is 1. The van der Waals surface area contributed by atoms with Crippen LogP contribution in [0.2, 0.25) is 0 Å². The van der Waals surface area contributed by atoms with Gasteiger partial charge in [0.2, 0.25) is 0 Å². The first-order valence-corrected chi connectivity index (χ1v) is 5.52. The van der Waals surface area contributed by atoms with Crippen LogP contribution in [0.25, 0.3) is 0 Å². The molecule has 0 unspecified atom stereocenters. The third-order valence-corrected chi connectivity index (χ3v) is 2.86. The van der Waals surface area contributed by atoms with Gasteiger partial charge >= 0.3 is 0 Å². The van der Waals surface area contributed by atoms with Gasteiger partial charge in [-0.1, -0.05) is 22.0 Å². The molecule has 0 amide bonds. The number of nitriles is 1. The minimum absolute atomic E-state index is 0.559. The van der Waals surface area contributed by atoms with Crippen molar-refractivity contribution in [1.29, 1.82) is 5.26 Å². The van der Waals surface area contributed by atoms with Crippen molar-refractivity contribution in [3.63, 3.8) is 0 Å². The molecule has 0 atom stereocenters. The molecule has 15 heavy (non-hydrogen) atoms. The molecule has 80 valence electrons. The van der Waals surface area contributed by atoms with Crippen LogP contribution in [0.5, 0.6) is 0 Å². The molecule has 0 saturated heterocycles. The number of hydrogen-bond acceptors (Lipinski definition) is 3. The fourth-order valence-electron chi connectivity index (χ4n) is 1.30. The van der Waals surface area contributed by atoms with E-state index >= 15 is 0 Å². The molecular formula is C11H14BrN3. The molecule has 0 saturated carbocycles. The van der Waals surface area contributed by atoms with E-state index in [9.17, 15) is 0 Å². The van der Waals surface area contributed by atoms with E-state index in [1.165, 1.54) is 5.56 Å². The van der Waals surface area contributed by atoms with Crippen molar-refractivity contribution in [2.75, 3.05) is 19.3 Å². The molecule has 0 aliphatic heterocycles. The quantitative estimate of drug-likeness (QED) is 0.853. The smallest absolute Gasteiger partial charge is 0.0635 e. The Morgan fingerprint density at radius 2 is 2.27 bits per heavy atom. The summed E-state index contributed by atoms with van der Waals surface area (Å²) < 4.78 is 1.02. The van der Waals surface area contributed by atoms with E-state index < -0.39 is 0 Å². The van der Waals surface area contributed by atoms with Crippen LogP contribution in [0.1, 0.15) is 12.0 Å². The third-order valence-electron chi connectivity index (χ3n) is 2.12. The number of nitrogens with zero attached hydrogens (tertiary/aromatic N) is 2. The van der Waals surface area contributed by atoms with Gasteiger partial charge in [-0.2, -0.15) is 5.26 Å². The highest BCUT2D eigenvalue weighted by Crippen LogP contribution is 2.20. The molecule has 0 radical (unpaired) electrons. The van der Waals surface area contributed by atoms with Crippen molar-refractivity contribution < 1.29 is 0 Å². The largest absolute Gasteiger partial charge is 0.399 e.